The fraction of sp³-hybridized carbons (Fsp3) is 0.222. The van der Waals surface area contributed by atoms with E-state index >= 15 is 0 Å². The number of hydrogen-bond acceptors (Lipinski definition) is 3. The molecule has 1 heterocycles. The molecule has 5 nitrogen and oxygen atoms in total. The molecular weight excluding hydrogens is 290 g/mol. The molecular formula is C18H19N3O2. The van der Waals surface area contributed by atoms with Crippen LogP contribution in [0.1, 0.15) is 17.5 Å². The van der Waals surface area contributed by atoms with Gasteiger partial charge in [-0.15, -0.1) is 0 Å². The molecule has 1 saturated heterocycles. The third-order valence-electron chi connectivity index (χ3n) is 3.99. The average Bonchev–Trinajstić information content (AvgIpc) is 2.83. The minimum absolute atomic E-state index is 0.158. The summed E-state index contributed by atoms with van der Waals surface area (Å²) in [7, 11) is 0. The highest BCUT2D eigenvalue weighted by atomic mass is 16.2. The lowest BCUT2D eigenvalue weighted by atomic mass is 10.0. The number of carbonyl (C=O) groups excluding carboxylic acids is 2. The molecule has 0 radical (unpaired) electrons. The monoisotopic (exact) mass is 309 g/mol. The predicted octanol–water partition coefficient (Wildman–Crippen LogP) is 2.32. The van der Waals surface area contributed by atoms with Gasteiger partial charge in [0.2, 0.25) is 0 Å². The molecule has 0 spiro atoms. The number of nitrogens with zero attached hydrogens (tertiary/aromatic N) is 1. The number of nitrogens with one attached hydrogen (secondary N) is 1. The molecule has 1 unspecified atom stereocenters. The van der Waals surface area contributed by atoms with Crippen LogP contribution in [-0.4, -0.2) is 22.9 Å². The van der Waals surface area contributed by atoms with Crippen LogP contribution < -0.4 is 11.1 Å². The first-order valence-electron chi connectivity index (χ1n) is 7.64. The lowest BCUT2D eigenvalue weighted by Gasteiger charge is -2.13. The maximum Gasteiger partial charge on any atom is 0.325 e. The first-order valence-corrected chi connectivity index (χ1v) is 7.64. The Kier molecular flexibility index (Phi) is 4.28. The summed E-state index contributed by atoms with van der Waals surface area (Å²) in [5, 5.41) is 2.77. The van der Waals surface area contributed by atoms with Crippen LogP contribution in [0.3, 0.4) is 0 Å². The van der Waals surface area contributed by atoms with Crippen molar-refractivity contribution in [1.82, 2.24) is 10.2 Å². The van der Waals surface area contributed by atoms with Crippen LogP contribution in [0.15, 0.2) is 54.6 Å². The molecule has 23 heavy (non-hydrogen) atoms. The van der Waals surface area contributed by atoms with Gasteiger partial charge in [-0.2, -0.15) is 0 Å². The van der Waals surface area contributed by atoms with Gasteiger partial charge in [0, 0.05) is 5.69 Å². The lowest BCUT2D eigenvalue weighted by molar-refractivity contribution is -0.128. The highest BCUT2D eigenvalue weighted by molar-refractivity contribution is 6.04. The van der Waals surface area contributed by atoms with Crippen molar-refractivity contribution < 1.29 is 9.59 Å². The number of imide groups is 1. The standard InChI is InChI=1S/C18H19N3O2/c19-15-9-6-13(7-10-15)8-11-16-17(22)21(18(23)20-16)12-14-4-2-1-3-5-14/h1-7,9-10,16H,8,11-12,19H2,(H,20,23). The molecule has 2 aromatic rings. The fourth-order valence-electron chi connectivity index (χ4n) is 2.68. The summed E-state index contributed by atoms with van der Waals surface area (Å²) in [6.07, 6.45) is 1.30. The third kappa shape index (κ3) is 3.51. The molecule has 0 aliphatic carbocycles. The highest BCUT2D eigenvalue weighted by Gasteiger charge is 2.37. The summed E-state index contributed by atoms with van der Waals surface area (Å²) in [5.41, 5.74) is 8.41. The molecule has 2 aromatic carbocycles. The highest BCUT2D eigenvalue weighted by Crippen LogP contribution is 2.16. The van der Waals surface area contributed by atoms with Crippen LogP contribution >= 0.6 is 0 Å². The Hall–Kier alpha value is -2.82. The maximum atomic E-state index is 12.4. The van der Waals surface area contributed by atoms with Crippen molar-refractivity contribution in [3.05, 3.63) is 65.7 Å². The Morgan fingerprint density at radius 1 is 0.957 bits per heavy atom. The quantitative estimate of drug-likeness (QED) is 0.657. The van der Waals surface area contributed by atoms with Crippen molar-refractivity contribution in [3.8, 4) is 0 Å². The Morgan fingerprint density at radius 3 is 2.35 bits per heavy atom. The molecule has 118 valence electrons. The summed E-state index contributed by atoms with van der Waals surface area (Å²) < 4.78 is 0. The van der Waals surface area contributed by atoms with E-state index in [1.807, 2.05) is 54.6 Å². The van der Waals surface area contributed by atoms with E-state index in [-0.39, 0.29) is 11.9 Å². The average molecular weight is 309 g/mol. The number of urea groups is 1. The van der Waals surface area contributed by atoms with Gasteiger partial charge in [-0.05, 0) is 36.1 Å². The zero-order chi connectivity index (χ0) is 16.2. The number of nitrogens with two attached hydrogens (primary N) is 1. The molecule has 0 aromatic heterocycles. The second kappa shape index (κ2) is 6.52. The molecule has 3 amide bonds. The van der Waals surface area contributed by atoms with Crippen LogP contribution in [0.2, 0.25) is 0 Å². The zero-order valence-corrected chi connectivity index (χ0v) is 12.7. The van der Waals surface area contributed by atoms with E-state index in [1.165, 1.54) is 4.90 Å². The van der Waals surface area contributed by atoms with Gasteiger partial charge >= 0.3 is 6.03 Å². The van der Waals surface area contributed by atoms with E-state index in [2.05, 4.69) is 5.32 Å². The second-order valence-corrected chi connectivity index (χ2v) is 5.69. The van der Waals surface area contributed by atoms with E-state index in [9.17, 15) is 9.59 Å². The van der Waals surface area contributed by atoms with E-state index < -0.39 is 6.04 Å². The van der Waals surface area contributed by atoms with Gasteiger partial charge in [-0.25, -0.2) is 4.79 Å². The number of hydrogen-bond donors (Lipinski definition) is 2. The topological polar surface area (TPSA) is 75.4 Å². The molecule has 5 heteroatoms. The number of amides is 3. The molecule has 1 aliphatic rings. The summed E-state index contributed by atoms with van der Waals surface area (Å²) in [5.74, 6) is -0.158. The minimum Gasteiger partial charge on any atom is -0.399 e. The number of anilines is 1. The largest absolute Gasteiger partial charge is 0.399 e. The Morgan fingerprint density at radius 2 is 1.65 bits per heavy atom. The fourth-order valence-corrected chi connectivity index (χ4v) is 2.68. The lowest BCUT2D eigenvalue weighted by Crippen LogP contribution is -2.31. The first-order chi connectivity index (χ1) is 11.1. The summed E-state index contributed by atoms with van der Waals surface area (Å²) >= 11 is 0. The smallest absolute Gasteiger partial charge is 0.325 e. The van der Waals surface area contributed by atoms with Gasteiger partial charge in [0.1, 0.15) is 6.04 Å². The van der Waals surface area contributed by atoms with Crippen molar-refractivity contribution in [2.45, 2.75) is 25.4 Å². The number of aryl methyl sites for hydroxylation is 1. The van der Waals surface area contributed by atoms with Crippen LogP contribution in [0.4, 0.5) is 10.5 Å². The van der Waals surface area contributed by atoms with Gasteiger partial charge in [0.25, 0.3) is 5.91 Å². The zero-order valence-electron chi connectivity index (χ0n) is 12.7. The van der Waals surface area contributed by atoms with Gasteiger partial charge in [0.05, 0.1) is 6.54 Å². The second-order valence-electron chi connectivity index (χ2n) is 5.69. The number of rotatable bonds is 5. The van der Waals surface area contributed by atoms with Gasteiger partial charge < -0.3 is 11.1 Å². The van der Waals surface area contributed by atoms with E-state index in [1.54, 1.807) is 0 Å². The third-order valence-corrected chi connectivity index (χ3v) is 3.99. The Bertz CT molecular complexity index is 698. The van der Waals surface area contributed by atoms with Gasteiger partial charge in [-0.3, -0.25) is 9.69 Å². The van der Waals surface area contributed by atoms with Crippen LogP contribution in [-0.2, 0) is 17.8 Å². The Balaban J connectivity index is 1.60. The van der Waals surface area contributed by atoms with Crippen LogP contribution in [0, 0.1) is 0 Å². The number of benzene rings is 2. The summed E-state index contributed by atoms with van der Waals surface area (Å²) in [6, 6.07) is 16.3. The van der Waals surface area contributed by atoms with E-state index in [0.717, 1.165) is 17.5 Å². The van der Waals surface area contributed by atoms with Crippen molar-refractivity contribution in [1.29, 1.82) is 0 Å². The predicted molar refractivity (Wildman–Crippen MR) is 88.5 cm³/mol. The van der Waals surface area contributed by atoms with Crippen molar-refractivity contribution in [2.75, 3.05) is 5.73 Å². The van der Waals surface area contributed by atoms with Gasteiger partial charge in [0.15, 0.2) is 0 Å². The molecule has 3 rings (SSSR count). The molecule has 1 aliphatic heterocycles. The van der Waals surface area contributed by atoms with Crippen molar-refractivity contribution in [3.63, 3.8) is 0 Å². The maximum absolute atomic E-state index is 12.4. The Labute approximate surface area is 135 Å². The molecule has 0 bridgehead atoms. The summed E-state index contributed by atoms with van der Waals surface area (Å²) in [4.78, 5) is 25.7. The van der Waals surface area contributed by atoms with E-state index in [4.69, 9.17) is 5.73 Å². The van der Waals surface area contributed by atoms with Crippen molar-refractivity contribution >= 4 is 17.6 Å². The van der Waals surface area contributed by atoms with Crippen LogP contribution in [0.5, 0.6) is 0 Å². The van der Waals surface area contributed by atoms with Crippen LogP contribution in [0.25, 0.3) is 0 Å². The minimum atomic E-state index is -0.455. The first kappa shape index (κ1) is 15.1. The van der Waals surface area contributed by atoms with Gasteiger partial charge in [-0.1, -0.05) is 42.5 Å². The molecule has 1 atom stereocenters. The molecule has 0 saturated carbocycles. The summed E-state index contributed by atoms with van der Waals surface area (Å²) in [6.45, 7) is 0.309. The molecule has 3 N–H and O–H groups in total. The number of nitrogen functional groups attached to an aromatic ring is 1. The van der Waals surface area contributed by atoms with E-state index in [0.29, 0.717) is 18.7 Å². The normalized spacial score (nSPS) is 17.4. The SMILES string of the molecule is Nc1ccc(CCC2NC(=O)N(Cc3ccccc3)C2=O)cc1. The molecule has 1 fully saturated rings. The number of carbonyl (C=O) groups is 2. The van der Waals surface area contributed by atoms with Crippen molar-refractivity contribution in [2.24, 2.45) is 0 Å².